The van der Waals surface area contributed by atoms with Crippen LogP contribution in [-0.2, 0) is 14.3 Å². The van der Waals surface area contributed by atoms with Crippen LogP contribution in [0.15, 0.2) is 0 Å². The van der Waals surface area contributed by atoms with Crippen molar-refractivity contribution in [3.8, 4) is 0 Å². The normalized spacial score (nSPS) is 42.9. The molecule has 0 aromatic carbocycles. The molecule has 2 aliphatic rings. The molecule has 2 rings (SSSR count). The van der Waals surface area contributed by atoms with E-state index in [9.17, 15) is 9.59 Å². The van der Waals surface area contributed by atoms with Gasteiger partial charge in [0.1, 0.15) is 0 Å². The quantitative estimate of drug-likeness (QED) is 0.556. The van der Waals surface area contributed by atoms with E-state index in [4.69, 9.17) is 4.74 Å². The van der Waals surface area contributed by atoms with Crippen LogP contribution in [0.1, 0.15) is 26.7 Å². The third-order valence-electron chi connectivity index (χ3n) is 5.17. The Bertz CT molecular complexity index is 393. The average molecular weight is 368 g/mol. The summed E-state index contributed by atoms with van der Waals surface area (Å²) < 4.78 is 4.96. The number of carbonyl (C=O) groups is 2. The summed E-state index contributed by atoms with van der Waals surface area (Å²) in [5, 5.41) is 0.604. The van der Waals surface area contributed by atoms with Crippen LogP contribution in [0, 0.1) is 16.2 Å². The molecule has 17 heavy (non-hydrogen) atoms. The molecule has 0 radical (unpaired) electrons. The number of alkyl halides is 2. The number of Topliss-reactive ketones (excluding diaryl/α,β-unsaturated/α-hetero) is 1. The predicted molar refractivity (Wildman–Crippen MR) is 71.4 cm³/mol. The van der Waals surface area contributed by atoms with E-state index >= 15 is 0 Å². The van der Waals surface area contributed by atoms with Crippen LogP contribution in [-0.4, -0.2) is 29.0 Å². The van der Waals surface area contributed by atoms with E-state index in [0.717, 1.165) is 6.42 Å². The van der Waals surface area contributed by atoms with Gasteiger partial charge in [0.2, 0.25) is 0 Å². The fourth-order valence-electron chi connectivity index (χ4n) is 3.75. The zero-order valence-corrected chi connectivity index (χ0v) is 13.4. The minimum atomic E-state index is -0.716. The number of ketones is 1. The van der Waals surface area contributed by atoms with Crippen molar-refractivity contribution in [3.63, 3.8) is 0 Å². The number of hydrogen-bond acceptors (Lipinski definition) is 3. The van der Waals surface area contributed by atoms with Gasteiger partial charge in [0.15, 0.2) is 5.78 Å². The summed E-state index contributed by atoms with van der Waals surface area (Å²) >= 11 is 6.90. The fraction of sp³-hybridized carbons (Fsp3) is 0.833. The first-order valence-electron chi connectivity index (χ1n) is 5.64. The highest BCUT2D eigenvalue weighted by atomic mass is 79.9. The first-order valence-corrected chi connectivity index (χ1v) is 7.68. The lowest BCUT2D eigenvalue weighted by molar-refractivity contribution is -0.157. The van der Waals surface area contributed by atoms with Crippen LogP contribution in [0.25, 0.3) is 0 Å². The van der Waals surface area contributed by atoms with Crippen LogP contribution < -0.4 is 0 Å². The fourth-order valence-corrected chi connectivity index (χ4v) is 6.43. The molecule has 0 heterocycles. The molecular weight excluding hydrogens is 352 g/mol. The Morgan fingerprint density at radius 1 is 1.47 bits per heavy atom. The Morgan fingerprint density at radius 2 is 2.06 bits per heavy atom. The van der Waals surface area contributed by atoms with E-state index in [1.54, 1.807) is 0 Å². The van der Waals surface area contributed by atoms with Gasteiger partial charge in [-0.25, -0.2) is 0 Å². The van der Waals surface area contributed by atoms with Crippen molar-refractivity contribution in [2.45, 2.75) is 31.5 Å². The summed E-state index contributed by atoms with van der Waals surface area (Å²) in [5.41, 5.74) is -1.55. The van der Waals surface area contributed by atoms with Gasteiger partial charge in [0.05, 0.1) is 17.4 Å². The lowest BCUT2D eigenvalue weighted by Gasteiger charge is -2.39. The van der Waals surface area contributed by atoms with Gasteiger partial charge in [-0.1, -0.05) is 45.7 Å². The maximum Gasteiger partial charge on any atom is 0.313 e. The number of methoxy groups -OCH3 is 1. The molecule has 2 bridgehead atoms. The van der Waals surface area contributed by atoms with Crippen molar-refractivity contribution in [2.75, 3.05) is 12.4 Å². The minimum Gasteiger partial charge on any atom is -0.469 e. The van der Waals surface area contributed by atoms with Crippen molar-refractivity contribution in [2.24, 2.45) is 16.2 Å². The summed E-state index contributed by atoms with van der Waals surface area (Å²) in [5.74, 6) is -0.130. The van der Waals surface area contributed by atoms with E-state index in [0.29, 0.717) is 11.8 Å². The van der Waals surface area contributed by atoms with Crippen molar-refractivity contribution >= 4 is 43.6 Å². The van der Waals surface area contributed by atoms with Crippen LogP contribution in [0.5, 0.6) is 0 Å². The van der Waals surface area contributed by atoms with Gasteiger partial charge in [0.25, 0.3) is 0 Å². The third kappa shape index (κ3) is 1.18. The number of rotatable bonds is 2. The van der Waals surface area contributed by atoms with E-state index < -0.39 is 15.7 Å². The molecule has 3 atom stereocenters. The van der Waals surface area contributed by atoms with Gasteiger partial charge in [-0.05, 0) is 18.3 Å². The lowest BCUT2D eigenvalue weighted by atomic mass is 9.65. The predicted octanol–water partition coefficient (Wildman–Crippen LogP) is 2.69. The first-order chi connectivity index (χ1) is 7.81. The molecule has 0 saturated heterocycles. The summed E-state index contributed by atoms with van der Waals surface area (Å²) in [4.78, 5) is 24.3. The molecule has 0 amide bonds. The summed E-state index contributed by atoms with van der Waals surface area (Å²) in [7, 11) is 1.39. The van der Waals surface area contributed by atoms with Crippen LogP contribution >= 0.6 is 31.9 Å². The number of fused-ring (bicyclic) bond motifs is 2. The van der Waals surface area contributed by atoms with E-state index in [1.807, 2.05) is 13.8 Å². The highest BCUT2D eigenvalue weighted by molar-refractivity contribution is 9.10. The van der Waals surface area contributed by atoms with Gasteiger partial charge < -0.3 is 4.74 Å². The van der Waals surface area contributed by atoms with Gasteiger partial charge in [-0.15, -0.1) is 0 Å². The zero-order valence-electron chi connectivity index (χ0n) is 10.2. The molecule has 0 N–H and O–H groups in total. The molecular formula is C12H16Br2O3. The molecule has 96 valence electrons. The molecule has 2 saturated carbocycles. The van der Waals surface area contributed by atoms with Crippen LogP contribution in [0.3, 0.4) is 0 Å². The van der Waals surface area contributed by atoms with Crippen molar-refractivity contribution in [1.82, 2.24) is 0 Å². The van der Waals surface area contributed by atoms with E-state index in [1.165, 1.54) is 7.11 Å². The number of carbonyl (C=O) groups excluding carboxylic acids is 2. The Hall–Kier alpha value is 0.1000. The van der Waals surface area contributed by atoms with E-state index in [-0.39, 0.29) is 17.2 Å². The number of halogens is 2. The highest BCUT2D eigenvalue weighted by Crippen LogP contribution is 2.72. The summed E-state index contributed by atoms with van der Waals surface area (Å²) in [6, 6.07) is 0. The molecule has 2 fully saturated rings. The SMILES string of the molecule is COC(=O)[C@]12CC[C@](CBr)(C(=O)[C@@H]1Br)C2(C)C. The highest BCUT2D eigenvalue weighted by Gasteiger charge is 2.78. The Morgan fingerprint density at radius 3 is 2.47 bits per heavy atom. The maximum atomic E-state index is 12.5. The Kier molecular flexibility index (Phi) is 3.02. The topological polar surface area (TPSA) is 43.4 Å². The lowest BCUT2D eigenvalue weighted by Crippen LogP contribution is -2.45. The van der Waals surface area contributed by atoms with Gasteiger partial charge in [-0.3, -0.25) is 9.59 Å². The number of ether oxygens (including phenoxy) is 1. The standard InChI is InChI=1S/C12H16Br2O3/c1-10(2)11(6-13)4-5-12(10,9(16)17-3)7(14)8(11)15/h7H,4-6H2,1-3H3/t7-,11-,12-/m0/s1. The van der Waals surface area contributed by atoms with E-state index in [2.05, 4.69) is 31.9 Å². The van der Waals surface area contributed by atoms with Gasteiger partial charge in [-0.2, -0.15) is 0 Å². The van der Waals surface area contributed by atoms with Gasteiger partial charge in [0, 0.05) is 10.7 Å². The number of hydrogen-bond donors (Lipinski definition) is 0. The second-order valence-electron chi connectivity index (χ2n) is 5.53. The Balaban J connectivity index is 2.63. The average Bonchev–Trinajstić information content (AvgIpc) is 2.61. The largest absolute Gasteiger partial charge is 0.469 e. The third-order valence-corrected chi connectivity index (χ3v) is 7.32. The minimum absolute atomic E-state index is 0.135. The zero-order chi connectivity index (χ0) is 13.1. The first kappa shape index (κ1) is 13.5. The van der Waals surface area contributed by atoms with Crippen molar-refractivity contribution < 1.29 is 14.3 Å². The van der Waals surface area contributed by atoms with Crippen molar-refractivity contribution in [1.29, 1.82) is 0 Å². The number of esters is 1. The molecule has 0 spiro atoms. The van der Waals surface area contributed by atoms with Gasteiger partial charge >= 0.3 is 5.97 Å². The van der Waals surface area contributed by atoms with Crippen molar-refractivity contribution in [3.05, 3.63) is 0 Å². The molecule has 0 aliphatic heterocycles. The second kappa shape index (κ2) is 3.80. The molecule has 3 nitrogen and oxygen atoms in total. The molecule has 0 aromatic rings. The molecule has 2 aliphatic carbocycles. The van der Waals surface area contributed by atoms with Crippen LogP contribution in [0.2, 0.25) is 0 Å². The molecule has 0 aromatic heterocycles. The summed E-state index contributed by atoms with van der Waals surface area (Å²) in [6.07, 6.45) is 1.46. The Labute approximate surface area is 118 Å². The maximum absolute atomic E-state index is 12.5. The second-order valence-corrected chi connectivity index (χ2v) is 7.01. The molecule has 0 unspecified atom stereocenters. The smallest absolute Gasteiger partial charge is 0.313 e. The summed E-state index contributed by atoms with van der Waals surface area (Å²) in [6.45, 7) is 4.02. The monoisotopic (exact) mass is 366 g/mol. The molecule has 5 heteroatoms. The van der Waals surface area contributed by atoms with Crippen LogP contribution in [0.4, 0.5) is 0 Å².